The summed E-state index contributed by atoms with van der Waals surface area (Å²) in [5, 5.41) is 3.97. The molecule has 1 aromatic heterocycles. The average Bonchev–Trinajstić information content (AvgIpc) is 3.15. The lowest BCUT2D eigenvalue weighted by Crippen LogP contribution is -2.43. The van der Waals surface area contributed by atoms with E-state index in [-0.39, 0.29) is 17.6 Å². The van der Waals surface area contributed by atoms with Crippen LogP contribution in [-0.4, -0.2) is 30.5 Å². The van der Waals surface area contributed by atoms with Gasteiger partial charge in [-0.15, -0.1) is 0 Å². The molecule has 2 heterocycles. The van der Waals surface area contributed by atoms with Crippen LogP contribution in [0.25, 0.3) is 10.2 Å². The van der Waals surface area contributed by atoms with Crippen LogP contribution in [0.3, 0.4) is 0 Å². The van der Waals surface area contributed by atoms with Gasteiger partial charge in [0.1, 0.15) is 5.82 Å². The Morgan fingerprint density at radius 2 is 2.11 bits per heavy atom. The molecule has 2 aromatic carbocycles. The Balaban J connectivity index is 1.30. The van der Waals surface area contributed by atoms with E-state index in [0.29, 0.717) is 13.1 Å². The number of carbonyl (C=O) groups is 1. The van der Waals surface area contributed by atoms with Gasteiger partial charge >= 0.3 is 0 Å². The summed E-state index contributed by atoms with van der Waals surface area (Å²) < 4.78 is 14.3. The van der Waals surface area contributed by atoms with Crippen molar-refractivity contribution in [2.45, 2.75) is 25.7 Å². The molecule has 0 radical (unpaired) electrons. The molecule has 1 N–H and O–H groups in total. The zero-order valence-electron chi connectivity index (χ0n) is 15.7. The number of carbonyl (C=O) groups excluding carboxylic acids is 1. The molecule has 4 rings (SSSR count). The highest BCUT2D eigenvalue weighted by molar-refractivity contribution is 7.22. The van der Waals surface area contributed by atoms with E-state index < -0.39 is 0 Å². The van der Waals surface area contributed by atoms with E-state index in [9.17, 15) is 9.18 Å². The van der Waals surface area contributed by atoms with E-state index in [4.69, 9.17) is 0 Å². The van der Waals surface area contributed by atoms with Crippen LogP contribution in [0.2, 0.25) is 0 Å². The number of thiazole rings is 1. The molecular weight excluding hydrogens is 373 g/mol. The first-order valence-electron chi connectivity index (χ1n) is 9.82. The quantitative estimate of drug-likeness (QED) is 0.627. The molecule has 28 heavy (non-hydrogen) atoms. The maximum atomic E-state index is 13.4. The third kappa shape index (κ3) is 4.50. The molecule has 4 nitrogen and oxygen atoms in total. The van der Waals surface area contributed by atoms with Crippen LogP contribution in [0, 0.1) is 11.7 Å². The predicted octanol–water partition coefficient (Wildman–Crippen LogP) is 4.40. The second-order valence-corrected chi connectivity index (χ2v) is 8.28. The summed E-state index contributed by atoms with van der Waals surface area (Å²) in [4.78, 5) is 19.4. The van der Waals surface area contributed by atoms with E-state index in [1.165, 1.54) is 29.0 Å². The number of hydrogen-bond acceptors (Lipinski definition) is 4. The first kappa shape index (κ1) is 18.9. The monoisotopic (exact) mass is 397 g/mol. The Labute approximate surface area is 168 Å². The highest BCUT2D eigenvalue weighted by Gasteiger charge is 2.27. The fourth-order valence-electron chi connectivity index (χ4n) is 3.68. The minimum Gasteiger partial charge on any atom is -0.356 e. The van der Waals surface area contributed by atoms with Crippen molar-refractivity contribution in [1.29, 1.82) is 0 Å². The first-order valence-corrected chi connectivity index (χ1v) is 10.6. The molecular formula is C22H24FN3OS. The number of piperidine rings is 1. The van der Waals surface area contributed by atoms with Crippen LogP contribution >= 0.6 is 11.3 Å². The SMILES string of the molecule is O=C(NCCCc1ccccc1)C1CCCN(c2nc3ccc(F)cc3s2)C1. The van der Waals surface area contributed by atoms with Crippen molar-refractivity contribution in [2.75, 3.05) is 24.5 Å². The summed E-state index contributed by atoms with van der Waals surface area (Å²) in [5.41, 5.74) is 2.11. The minimum absolute atomic E-state index is 0.0192. The number of aromatic nitrogens is 1. The van der Waals surface area contributed by atoms with E-state index in [1.807, 2.05) is 18.2 Å². The van der Waals surface area contributed by atoms with Crippen LogP contribution < -0.4 is 10.2 Å². The molecule has 0 saturated carbocycles. The molecule has 0 spiro atoms. The highest BCUT2D eigenvalue weighted by atomic mass is 32.1. The van der Waals surface area contributed by atoms with Crippen LogP contribution in [0.1, 0.15) is 24.8 Å². The van der Waals surface area contributed by atoms with Crippen molar-refractivity contribution in [3.05, 3.63) is 59.9 Å². The molecule has 3 aromatic rings. The van der Waals surface area contributed by atoms with Gasteiger partial charge in [0.25, 0.3) is 0 Å². The first-order chi connectivity index (χ1) is 13.7. The van der Waals surface area contributed by atoms with Crippen molar-refractivity contribution in [3.8, 4) is 0 Å². The van der Waals surface area contributed by atoms with Crippen LogP contribution in [-0.2, 0) is 11.2 Å². The van der Waals surface area contributed by atoms with Gasteiger partial charge in [-0.05, 0) is 49.4 Å². The Morgan fingerprint density at radius 3 is 2.96 bits per heavy atom. The fourth-order valence-corrected chi connectivity index (χ4v) is 4.70. The molecule has 6 heteroatoms. The van der Waals surface area contributed by atoms with Gasteiger partial charge in [-0.2, -0.15) is 0 Å². The number of halogens is 1. The Hall–Kier alpha value is -2.47. The Morgan fingerprint density at radius 1 is 1.25 bits per heavy atom. The van der Waals surface area contributed by atoms with Gasteiger partial charge < -0.3 is 10.2 Å². The summed E-state index contributed by atoms with van der Waals surface area (Å²) in [6.45, 7) is 2.26. The molecule has 0 aliphatic carbocycles. The third-order valence-electron chi connectivity index (χ3n) is 5.19. The van der Waals surface area contributed by atoms with Gasteiger partial charge in [0.15, 0.2) is 5.13 Å². The number of hydrogen-bond donors (Lipinski definition) is 1. The Bertz CT molecular complexity index is 943. The maximum Gasteiger partial charge on any atom is 0.224 e. The minimum atomic E-state index is -0.242. The standard InChI is InChI=1S/C22H24FN3OS/c23-18-10-11-19-20(14-18)28-22(25-19)26-13-5-9-17(15-26)21(27)24-12-4-8-16-6-2-1-3-7-16/h1-3,6-7,10-11,14,17H,4-5,8-9,12-13,15H2,(H,24,27). The van der Waals surface area contributed by atoms with Crippen LogP contribution in [0.15, 0.2) is 48.5 Å². The van der Waals surface area contributed by atoms with E-state index in [2.05, 4.69) is 27.3 Å². The molecule has 1 aliphatic rings. The lowest BCUT2D eigenvalue weighted by atomic mass is 9.97. The van der Waals surface area contributed by atoms with Gasteiger partial charge in [-0.1, -0.05) is 41.7 Å². The second kappa shape index (κ2) is 8.69. The normalized spacial score (nSPS) is 17.0. The lowest BCUT2D eigenvalue weighted by Gasteiger charge is -2.31. The summed E-state index contributed by atoms with van der Waals surface area (Å²) in [6, 6.07) is 15.0. The number of anilines is 1. The van der Waals surface area contributed by atoms with Gasteiger partial charge in [0.05, 0.1) is 16.1 Å². The van der Waals surface area contributed by atoms with Gasteiger partial charge in [0, 0.05) is 19.6 Å². The number of aryl methyl sites for hydroxylation is 1. The number of amides is 1. The van der Waals surface area contributed by atoms with Crippen molar-refractivity contribution >= 4 is 32.6 Å². The van der Waals surface area contributed by atoms with Crippen molar-refractivity contribution in [2.24, 2.45) is 5.92 Å². The largest absolute Gasteiger partial charge is 0.356 e. The van der Waals surface area contributed by atoms with Gasteiger partial charge in [-0.3, -0.25) is 4.79 Å². The van der Waals surface area contributed by atoms with Crippen molar-refractivity contribution in [3.63, 3.8) is 0 Å². The third-order valence-corrected chi connectivity index (χ3v) is 6.27. The molecule has 1 atom stereocenters. The summed E-state index contributed by atoms with van der Waals surface area (Å²) in [6.07, 6.45) is 3.78. The van der Waals surface area contributed by atoms with Crippen molar-refractivity contribution in [1.82, 2.24) is 10.3 Å². The number of fused-ring (bicyclic) bond motifs is 1. The number of benzene rings is 2. The molecule has 1 unspecified atom stereocenters. The molecule has 0 bridgehead atoms. The second-order valence-electron chi connectivity index (χ2n) is 7.27. The smallest absolute Gasteiger partial charge is 0.224 e. The van der Waals surface area contributed by atoms with E-state index in [0.717, 1.165) is 47.6 Å². The summed E-state index contributed by atoms with van der Waals surface area (Å²) in [7, 11) is 0. The maximum absolute atomic E-state index is 13.4. The summed E-state index contributed by atoms with van der Waals surface area (Å²) >= 11 is 1.49. The average molecular weight is 398 g/mol. The summed E-state index contributed by atoms with van der Waals surface area (Å²) in [5.74, 6) is -0.131. The number of nitrogens with one attached hydrogen (secondary N) is 1. The zero-order chi connectivity index (χ0) is 19.3. The lowest BCUT2D eigenvalue weighted by molar-refractivity contribution is -0.125. The highest BCUT2D eigenvalue weighted by Crippen LogP contribution is 2.32. The zero-order valence-corrected chi connectivity index (χ0v) is 16.6. The predicted molar refractivity (Wildman–Crippen MR) is 112 cm³/mol. The molecule has 1 aliphatic heterocycles. The molecule has 1 amide bonds. The number of rotatable bonds is 6. The molecule has 1 fully saturated rings. The van der Waals surface area contributed by atoms with E-state index >= 15 is 0 Å². The molecule has 1 saturated heterocycles. The van der Waals surface area contributed by atoms with Crippen molar-refractivity contribution < 1.29 is 9.18 Å². The number of nitrogens with zero attached hydrogens (tertiary/aromatic N) is 2. The van der Waals surface area contributed by atoms with E-state index in [1.54, 1.807) is 6.07 Å². The van der Waals surface area contributed by atoms with Crippen LogP contribution in [0.5, 0.6) is 0 Å². The molecule has 146 valence electrons. The van der Waals surface area contributed by atoms with Gasteiger partial charge in [0.2, 0.25) is 5.91 Å². The van der Waals surface area contributed by atoms with Crippen LogP contribution in [0.4, 0.5) is 9.52 Å². The topological polar surface area (TPSA) is 45.2 Å². The Kier molecular flexibility index (Phi) is 5.86. The van der Waals surface area contributed by atoms with Gasteiger partial charge in [-0.25, -0.2) is 9.37 Å². The fraction of sp³-hybridized carbons (Fsp3) is 0.364.